The Morgan fingerprint density at radius 2 is 1.88 bits per heavy atom. The van der Waals surface area contributed by atoms with E-state index < -0.39 is 0 Å². The highest BCUT2D eigenvalue weighted by molar-refractivity contribution is 5.77. The number of fused-ring (bicyclic) bond motifs is 1. The third kappa shape index (κ3) is 4.56. The highest BCUT2D eigenvalue weighted by atomic mass is 19.1. The highest BCUT2D eigenvalue weighted by Gasteiger charge is 2.16. The molecule has 0 saturated heterocycles. The van der Waals surface area contributed by atoms with Crippen LogP contribution in [0.25, 0.3) is 16.9 Å². The number of carbonyl (C=O) groups is 1. The van der Waals surface area contributed by atoms with Crippen LogP contribution >= 0.6 is 0 Å². The van der Waals surface area contributed by atoms with Crippen molar-refractivity contribution >= 4 is 11.6 Å². The van der Waals surface area contributed by atoms with Gasteiger partial charge in [-0.15, -0.1) is 0 Å². The molecule has 164 valence electrons. The van der Waals surface area contributed by atoms with Crippen LogP contribution in [-0.4, -0.2) is 29.5 Å². The van der Waals surface area contributed by atoms with Crippen LogP contribution in [-0.2, 0) is 17.8 Å². The molecule has 0 aliphatic heterocycles. The smallest absolute Gasteiger partial charge is 0.220 e. The Morgan fingerprint density at radius 1 is 1.06 bits per heavy atom. The van der Waals surface area contributed by atoms with Gasteiger partial charge in [-0.3, -0.25) is 4.79 Å². The number of nitrogens with zero attached hydrogens (tertiary/aromatic N) is 2. The van der Waals surface area contributed by atoms with E-state index in [0.717, 1.165) is 28.2 Å². The number of hydrogen-bond donors (Lipinski definition) is 1. The standard InChI is InChI=1S/C25H24FN3O3/c1-31-20-11-8-18(22(15-20)32-2)16-27-24(30)13-12-21-25(17-6-9-19(26)10-7-17)28-23-5-3-4-14-29(21)23/h3-11,14-15H,12-13,16H2,1-2H3,(H,27,30). The molecule has 6 nitrogen and oxygen atoms in total. The normalized spacial score (nSPS) is 10.8. The second-order valence-corrected chi connectivity index (χ2v) is 7.30. The van der Waals surface area contributed by atoms with Gasteiger partial charge in [-0.25, -0.2) is 9.37 Å². The number of ether oxygens (including phenoxy) is 2. The van der Waals surface area contributed by atoms with E-state index in [1.807, 2.05) is 40.9 Å². The maximum Gasteiger partial charge on any atom is 0.220 e. The van der Waals surface area contributed by atoms with Crippen LogP contribution in [0.1, 0.15) is 17.7 Å². The molecular formula is C25H24FN3O3. The van der Waals surface area contributed by atoms with Gasteiger partial charge in [0.25, 0.3) is 0 Å². The first-order valence-corrected chi connectivity index (χ1v) is 10.3. The molecule has 2 aromatic heterocycles. The molecule has 0 saturated carbocycles. The van der Waals surface area contributed by atoms with Gasteiger partial charge in [-0.05, 0) is 55.0 Å². The number of pyridine rings is 1. The first kappa shape index (κ1) is 21.4. The quantitative estimate of drug-likeness (QED) is 0.447. The van der Waals surface area contributed by atoms with Crippen molar-refractivity contribution in [2.45, 2.75) is 19.4 Å². The van der Waals surface area contributed by atoms with Crippen LogP contribution in [0.4, 0.5) is 4.39 Å². The Hall–Kier alpha value is -3.87. The molecular weight excluding hydrogens is 409 g/mol. The van der Waals surface area contributed by atoms with Gasteiger partial charge < -0.3 is 19.2 Å². The monoisotopic (exact) mass is 433 g/mol. The summed E-state index contributed by atoms with van der Waals surface area (Å²) in [5.74, 6) is 0.967. The summed E-state index contributed by atoms with van der Waals surface area (Å²) in [6.45, 7) is 0.351. The maximum atomic E-state index is 13.4. The lowest BCUT2D eigenvalue weighted by molar-refractivity contribution is -0.121. The third-order valence-corrected chi connectivity index (χ3v) is 5.31. The number of imidazole rings is 1. The summed E-state index contributed by atoms with van der Waals surface area (Å²) < 4.78 is 26.0. The van der Waals surface area contributed by atoms with E-state index in [-0.39, 0.29) is 18.1 Å². The molecule has 0 aliphatic rings. The van der Waals surface area contributed by atoms with Gasteiger partial charge in [0.05, 0.1) is 25.6 Å². The molecule has 2 aromatic carbocycles. The van der Waals surface area contributed by atoms with Crippen molar-refractivity contribution in [2.75, 3.05) is 14.2 Å². The minimum atomic E-state index is -0.299. The van der Waals surface area contributed by atoms with E-state index >= 15 is 0 Å². The number of hydrogen-bond acceptors (Lipinski definition) is 4. The molecule has 0 unspecified atom stereocenters. The fourth-order valence-corrected chi connectivity index (χ4v) is 3.64. The van der Waals surface area contributed by atoms with Crippen molar-refractivity contribution < 1.29 is 18.7 Å². The van der Waals surface area contributed by atoms with Crippen LogP contribution in [0.15, 0.2) is 66.9 Å². The van der Waals surface area contributed by atoms with Crippen molar-refractivity contribution in [3.8, 4) is 22.8 Å². The van der Waals surface area contributed by atoms with Crippen LogP contribution in [0, 0.1) is 5.82 Å². The van der Waals surface area contributed by atoms with Crippen LogP contribution in [0.3, 0.4) is 0 Å². The van der Waals surface area contributed by atoms with E-state index in [2.05, 4.69) is 5.32 Å². The SMILES string of the molecule is COc1ccc(CNC(=O)CCc2c(-c3ccc(F)cc3)nc3ccccn23)c(OC)c1. The summed E-state index contributed by atoms with van der Waals surface area (Å²) in [7, 11) is 3.18. The van der Waals surface area contributed by atoms with Gasteiger partial charge in [0, 0.05) is 36.4 Å². The first-order valence-electron chi connectivity index (χ1n) is 10.3. The zero-order valence-electron chi connectivity index (χ0n) is 18.0. The van der Waals surface area contributed by atoms with Crippen molar-refractivity contribution in [2.24, 2.45) is 0 Å². The van der Waals surface area contributed by atoms with E-state index in [1.54, 1.807) is 32.4 Å². The van der Waals surface area contributed by atoms with Crippen molar-refractivity contribution in [3.63, 3.8) is 0 Å². The summed E-state index contributed by atoms with van der Waals surface area (Å²) in [5, 5.41) is 2.95. The molecule has 0 atom stereocenters. The van der Waals surface area contributed by atoms with Gasteiger partial charge in [0.15, 0.2) is 0 Å². The number of amides is 1. The lowest BCUT2D eigenvalue weighted by atomic mass is 10.1. The van der Waals surface area contributed by atoms with Crippen molar-refractivity contribution in [1.29, 1.82) is 0 Å². The molecule has 0 spiro atoms. The average Bonchev–Trinajstić information content (AvgIpc) is 3.20. The Labute approximate surface area is 185 Å². The number of carbonyl (C=O) groups excluding carboxylic acids is 1. The van der Waals surface area contributed by atoms with Gasteiger partial charge in [0.1, 0.15) is 23.0 Å². The molecule has 0 aliphatic carbocycles. The van der Waals surface area contributed by atoms with Gasteiger partial charge in [-0.2, -0.15) is 0 Å². The molecule has 4 rings (SSSR count). The minimum absolute atomic E-state index is 0.0844. The zero-order valence-corrected chi connectivity index (χ0v) is 18.0. The molecule has 2 heterocycles. The number of benzene rings is 2. The number of halogens is 1. The summed E-state index contributed by atoms with van der Waals surface area (Å²) >= 11 is 0. The Balaban J connectivity index is 1.49. The summed E-state index contributed by atoms with van der Waals surface area (Å²) in [5.41, 5.74) is 4.12. The largest absolute Gasteiger partial charge is 0.497 e. The Bertz CT molecular complexity index is 1240. The van der Waals surface area contributed by atoms with E-state index in [9.17, 15) is 9.18 Å². The number of aromatic nitrogens is 2. The lowest BCUT2D eigenvalue weighted by Crippen LogP contribution is -2.23. The molecule has 1 N–H and O–H groups in total. The summed E-state index contributed by atoms with van der Waals surface area (Å²) in [4.78, 5) is 17.3. The second kappa shape index (κ2) is 9.51. The molecule has 0 fully saturated rings. The van der Waals surface area contributed by atoms with E-state index in [1.165, 1.54) is 12.1 Å². The third-order valence-electron chi connectivity index (χ3n) is 5.31. The summed E-state index contributed by atoms with van der Waals surface area (Å²) in [6.07, 6.45) is 2.70. The minimum Gasteiger partial charge on any atom is -0.497 e. The fraction of sp³-hybridized carbons (Fsp3) is 0.200. The van der Waals surface area contributed by atoms with Gasteiger partial charge in [-0.1, -0.05) is 6.07 Å². The molecule has 4 aromatic rings. The van der Waals surface area contributed by atoms with Crippen molar-refractivity contribution in [3.05, 3.63) is 83.9 Å². The first-order chi connectivity index (χ1) is 15.6. The lowest BCUT2D eigenvalue weighted by Gasteiger charge is -2.11. The van der Waals surface area contributed by atoms with E-state index in [0.29, 0.717) is 24.5 Å². The fourth-order valence-electron chi connectivity index (χ4n) is 3.64. The topological polar surface area (TPSA) is 64.9 Å². The van der Waals surface area contributed by atoms with E-state index in [4.69, 9.17) is 14.5 Å². The maximum absolute atomic E-state index is 13.4. The van der Waals surface area contributed by atoms with Crippen LogP contribution in [0.5, 0.6) is 11.5 Å². The van der Waals surface area contributed by atoms with Crippen LogP contribution in [0.2, 0.25) is 0 Å². The molecule has 0 bridgehead atoms. The number of rotatable bonds is 8. The van der Waals surface area contributed by atoms with Crippen LogP contribution < -0.4 is 14.8 Å². The number of aryl methyl sites for hydroxylation is 1. The zero-order chi connectivity index (χ0) is 22.5. The predicted molar refractivity (Wildman–Crippen MR) is 120 cm³/mol. The highest BCUT2D eigenvalue weighted by Crippen LogP contribution is 2.26. The summed E-state index contributed by atoms with van der Waals surface area (Å²) in [6, 6.07) is 17.5. The molecule has 0 radical (unpaired) electrons. The number of methoxy groups -OCH3 is 2. The Kier molecular flexibility index (Phi) is 6.35. The second-order valence-electron chi connectivity index (χ2n) is 7.30. The average molecular weight is 433 g/mol. The number of nitrogens with one attached hydrogen (secondary N) is 1. The van der Waals surface area contributed by atoms with Crippen molar-refractivity contribution in [1.82, 2.24) is 14.7 Å². The molecule has 7 heteroatoms. The van der Waals surface area contributed by atoms with Gasteiger partial charge >= 0.3 is 0 Å². The van der Waals surface area contributed by atoms with Gasteiger partial charge in [0.2, 0.25) is 5.91 Å². The predicted octanol–water partition coefficient (Wildman–Crippen LogP) is 4.41. The Morgan fingerprint density at radius 3 is 2.62 bits per heavy atom. The molecule has 1 amide bonds. The molecule has 32 heavy (non-hydrogen) atoms.